The number of hydrogen-bond donors (Lipinski definition) is 0. The number of carbonyl (C=O) groups excluding carboxylic acids is 1. The highest BCUT2D eigenvalue weighted by Crippen LogP contribution is 2.35. The molecule has 1 fully saturated rings. The molecule has 3 aromatic rings. The number of nitrogens with zero attached hydrogens (tertiary/aromatic N) is 3. The molecule has 1 saturated heterocycles. The Hall–Kier alpha value is -2.63. The van der Waals surface area contributed by atoms with E-state index in [4.69, 9.17) is 13.9 Å². The number of furan rings is 1. The van der Waals surface area contributed by atoms with E-state index in [2.05, 4.69) is 41.8 Å². The Morgan fingerprint density at radius 3 is 2.66 bits per heavy atom. The van der Waals surface area contributed by atoms with Crippen LogP contribution in [0.1, 0.15) is 50.5 Å². The minimum absolute atomic E-state index is 0.214. The van der Waals surface area contributed by atoms with Gasteiger partial charge in [0.15, 0.2) is 4.80 Å². The number of thiazole rings is 1. The van der Waals surface area contributed by atoms with Gasteiger partial charge < -0.3 is 18.8 Å². The second-order valence-electron chi connectivity index (χ2n) is 9.05. The van der Waals surface area contributed by atoms with Crippen LogP contribution in [0.3, 0.4) is 0 Å². The van der Waals surface area contributed by atoms with Crippen molar-refractivity contribution in [2.24, 2.45) is 4.99 Å². The summed E-state index contributed by atoms with van der Waals surface area (Å²) in [6, 6.07) is 6.68. The maximum Gasteiger partial charge on any atom is 0.338 e. The molecule has 8 nitrogen and oxygen atoms in total. The van der Waals surface area contributed by atoms with Crippen LogP contribution < -0.4 is 24.5 Å². The van der Waals surface area contributed by atoms with Gasteiger partial charge in [-0.05, 0) is 82.7 Å². The number of rotatable bonds is 6. The number of piperidine rings is 1. The largest absolute Gasteiger partial charge is 0.496 e. The van der Waals surface area contributed by atoms with Gasteiger partial charge in [0.2, 0.25) is 5.88 Å². The highest BCUT2D eigenvalue weighted by atomic mass is 79.9. The second-order valence-corrected chi connectivity index (χ2v) is 11.8. The molecule has 0 spiro atoms. The number of anilines is 1. The minimum atomic E-state index is -0.707. The minimum Gasteiger partial charge on any atom is -0.496 e. The zero-order chi connectivity index (χ0) is 27.0. The topological polar surface area (TPSA) is 86.3 Å². The monoisotopic (exact) mass is 663 g/mol. The summed E-state index contributed by atoms with van der Waals surface area (Å²) in [5.41, 5.74) is 1.32. The smallest absolute Gasteiger partial charge is 0.338 e. The molecule has 2 aliphatic heterocycles. The van der Waals surface area contributed by atoms with E-state index in [1.54, 1.807) is 37.7 Å². The quantitative estimate of drug-likeness (QED) is 0.348. The summed E-state index contributed by atoms with van der Waals surface area (Å²) in [4.78, 5) is 34.3. The van der Waals surface area contributed by atoms with Crippen molar-refractivity contribution in [2.45, 2.75) is 39.2 Å². The van der Waals surface area contributed by atoms with Gasteiger partial charge >= 0.3 is 5.97 Å². The summed E-state index contributed by atoms with van der Waals surface area (Å²) >= 11 is 8.42. The maximum atomic E-state index is 13.8. The first kappa shape index (κ1) is 27.0. The molecular formula is C27H27Br2N3O5S. The Balaban J connectivity index is 1.64. The number of carbonyl (C=O) groups is 1. The first-order valence-electron chi connectivity index (χ1n) is 12.4. The van der Waals surface area contributed by atoms with E-state index in [0.717, 1.165) is 41.9 Å². The van der Waals surface area contributed by atoms with E-state index in [9.17, 15) is 9.59 Å². The lowest BCUT2D eigenvalue weighted by Crippen LogP contribution is -2.39. The van der Waals surface area contributed by atoms with Crippen LogP contribution in [0.5, 0.6) is 5.75 Å². The molecule has 1 aromatic carbocycles. The fourth-order valence-electron chi connectivity index (χ4n) is 4.85. The lowest BCUT2D eigenvalue weighted by Gasteiger charge is -2.26. The Morgan fingerprint density at radius 2 is 1.97 bits per heavy atom. The van der Waals surface area contributed by atoms with E-state index in [1.807, 2.05) is 18.2 Å². The number of ether oxygens (including phenoxy) is 2. The van der Waals surface area contributed by atoms with Crippen LogP contribution in [-0.4, -0.2) is 37.3 Å². The highest BCUT2D eigenvalue weighted by molar-refractivity contribution is 9.11. The highest BCUT2D eigenvalue weighted by Gasteiger charge is 2.33. The zero-order valence-electron chi connectivity index (χ0n) is 21.3. The number of esters is 1. The third-order valence-electron chi connectivity index (χ3n) is 6.61. The van der Waals surface area contributed by atoms with Gasteiger partial charge in [-0.2, -0.15) is 0 Å². The molecule has 0 aliphatic carbocycles. The Labute approximate surface area is 240 Å². The maximum absolute atomic E-state index is 13.8. The summed E-state index contributed by atoms with van der Waals surface area (Å²) in [7, 11) is 1.58. The Morgan fingerprint density at radius 1 is 1.21 bits per heavy atom. The summed E-state index contributed by atoms with van der Waals surface area (Å²) in [6.07, 6.45) is 5.23. The summed E-state index contributed by atoms with van der Waals surface area (Å²) in [5, 5.41) is 0. The van der Waals surface area contributed by atoms with Crippen molar-refractivity contribution in [1.29, 1.82) is 0 Å². The molecule has 0 saturated carbocycles. The van der Waals surface area contributed by atoms with Gasteiger partial charge in [0.1, 0.15) is 11.5 Å². The van der Waals surface area contributed by atoms with E-state index >= 15 is 0 Å². The molecule has 5 rings (SSSR count). The van der Waals surface area contributed by atoms with Crippen LogP contribution in [-0.2, 0) is 9.53 Å². The number of hydrogen-bond acceptors (Lipinski definition) is 8. The predicted octanol–water partition coefficient (Wildman–Crippen LogP) is 4.92. The SMILES string of the molecule is CCOC(=O)C1=C(C)N=c2sc(=Cc3cc(Br)c(N4CCCCC4)o3)c(=O)n2C1c1ccc(OC)c(Br)c1. The number of aromatic nitrogens is 1. The van der Waals surface area contributed by atoms with E-state index in [-0.39, 0.29) is 12.2 Å². The molecule has 2 aliphatic rings. The second kappa shape index (κ2) is 11.2. The van der Waals surface area contributed by atoms with Gasteiger partial charge in [0.05, 0.1) is 44.5 Å². The van der Waals surface area contributed by atoms with Crippen molar-refractivity contribution in [3.8, 4) is 5.75 Å². The van der Waals surface area contributed by atoms with Gasteiger partial charge in [0.25, 0.3) is 5.56 Å². The van der Waals surface area contributed by atoms with Crippen molar-refractivity contribution in [3.05, 3.63) is 75.5 Å². The van der Waals surface area contributed by atoms with Crippen LogP contribution in [0, 0.1) is 0 Å². The van der Waals surface area contributed by atoms with Gasteiger partial charge in [-0.1, -0.05) is 17.4 Å². The third kappa shape index (κ3) is 5.03. The zero-order valence-corrected chi connectivity index (χ0v) is 25.2. The molecule has 0 N–H and O–H groups in total. The fourth-order valence-corrected chi connectivity index (χ4v) is 6.99. The number of benzene rings is 1. The lowest BCUT2D eigenvalue weighted by atomic mass is 9.96. The van der Waals surface area contributed by atoms with Crippen LogP contribution in [0.25, 0.3) is 6.08 Å². The van der Waals surface area contributed by atoms with Gasteiger partial charge in [-0.15, -0.1) is 0 Å². The molecule has 4 heterocycles. The lowest BCUT2D eigenvalue weighted by molar-refractivity contribution is -0.139. The normalized spacial score (nSPS) is 17.9. The molecule has 11 heteroatoms. The van der Waals surface area contributed by atoms with Crippen LogP contribution in [0.4, 0.5) is 5.88 Å². The number of halogens is 2. The molecule has 1 atom stereocenters. The predicted molar refractivity (Wildman–Crippen MR) is 154 cm³/mol. The average molecular weight is 665 g/mol. The Kier molecular flexibility index (Phi) is 7.97. The molecule has 2 aromatic heterocycles. The van der Waals surface area contributed by atoms with Gasteiger partial charge in [0, 0.05) is 25.2 Å². The Bertz CT molecular complexity index is 1600. The molecule has 0 bridgehead atoms. The van der Waals surface area contributed by atoms with E-state index in [0.29, 0.717) is 36.6 Å². The molecule has 0 amide bonds. The molecular weight excluding hydrogens is 638 g/mol. The van der Waals surface area contributed by atoms with Crippen molar-refractivity contribution >= 4 is 61.1 Å². The molecule has 38 heavy (non-hydrogen) atoms. The van der Waals surface area contributed by atoms with Crippen LogP contribution in [0.15, 0.2) is 58.7 Å². The number of allylic oxidation sites excluding steroid dienone is 1. The van der Waals surface area contributed by atoms with Crippen LogP contribution in [0.2, 0.25) is 0 Å². The number of fused-ring (bicyclic) bond motifs is 1. The molecule has 200 valence electrons. The summed E-state index contributed by atoms with van der Waals surface area (Å²) in [6.45, 7) is 5.62. The van der Waals surface area contributed by atoms with Crippen LogP contribution >= 0.6 is 43.2 Å². The summed E-state index contributed by atoms with van der Waals surface area (Å²) < 4.78 is 20.5. The molecule has 0 radical (unpaired) electrons. The average Bonchev–Trinajstić information content (AvgIpc) is 3.42. The fraction of sp³-hybridized carbons (Fsp3) is 0.370. The van der Waals surface area contributed by atoms with Crippen molar-refractivity contribution in [1.82, 2.24) is 4.57 Å². The molecule has 1 unspecified atom stereocenters. The van der Waals surface area contributed by atoms with Gasteiger partial charge in [-0.25, -0.2) is 9.79 Å². The van der Waals surface area contributed by atoms with Crippen molar-refractivity contribution in [3.63, 3.8) is 0 Å². The number of methoxy groups -OCH3 is 1. The van der Waals surface area contributed by atoms with Crippen molar-refractivity contribution in [2.75, 3.05) is 31.7 Å². The summed E-state index contributed by atoms with van der Waals surface area (Å²) in [5.74, 6) is 1.51. The van der Waals surface area contributed by atoms with Gasteiger partial charge in [-0.3, -0.25) is 9.36 Å². The van der Waals surface area contributed by atoms with E-state index in [1.165, 1.54) is 17.8 Å². The standard InChI is InChI=1S/C27H27Br2N3O5S/c1-4-36-26(34)22-15(2)30-27-32(23(22)16-8-9-20(35-3)18(28)12-16)24(33)21(38-27)14-17-13-19(29)25(37-17)31-10-6-5-7-11-31/h8-9,12-14,23H,4-7,10-11H2,1-3H3. The first-order valence-corrected chi connectivity index (χ1v) is 14.8. The first-order chi connectivity index (χ1) is 18.3. The third-order valence-corrected chi connectivity index (χ3v) is 8.78. The van der Waals surface area contributed by atoms with Crippen molar-refractivity contribution < 1.29 is 18.7 Å². The van der Waals surface area contributed by atoms with E-state index < -0.39 is 12.0 Å².